The van der Waals surface area contributed by atoms with Crippen molar-refractivity contribution in [2.75, 3.05) is 26.6 Å². The van der Waals surface area contributed by atoms with E-state index in [1.165, 1.54) is 27.7 Å². The van der Waals surface area contributed by atoms with Crippen LogP contribution in [0.25, 0.3) is 11.3 Å². The van der Waals surface area contributed by atoms with Crippen molar-refractivity contribution in [3.05, 3.63) is 60.1 Å². The highest BCUT2D eigenvalue weighted by molar-refractivity contribution is 6.09. The van der Waals surface area contributed by atoms with E-state index in [-0.39, 0.29) is 17.0 Å². The summed E-state index contributed by atoms with van der Waals surface area (Å²) in [6, 6.07) is 11.6. The Bertz CT molecular complexity index is 1010. The Morgan fingerprint density at radius 1 is 1.00 bits per heavy atom. The number of rotatable bonds is 6. The second-order valence-electron chi connectivity index (χ2n) is 5.59. The summed E-state index contributed by atoms with van der Waals surface area (Å²) in [4.78, 5) is 28.7. The fourth-order valence-corrected chi connectivity index (χ4v) is 2.65. The second kappa shape index (κ2) is 8.26. The number of hydrogen-bond donors (Lipinski definition) is 1. The number of anilines is 1. The number of nitrogens with one attached hydrogen (secondary N) is 1. The normalized spacial score (nSPS) is 10.2. The zero-order valence-corrected chi connectivity index (χ0v) is 15.5. The van der Waals surface area contributed by atoms with Crippen LogP contribution in [0.2, 0.25) is 0 Å². The lowest BCUT2D eigenvalue weighted by Crippen LogP contribution is -2.16. The maximum atomic E-state index is 12.8. The molecule has 0 aliphatic carbocycles. The molecule has 0 aliphatic heterocycles. The Morgan fingerprint density at radius 2 is 1.75 bits per heavy atom. The fraction of sp³-hybridized carbons (Fsp3) is 0.150. The van der Waals surface area contributed by atoms with E-state index in [0.717, 1.165) is 0 Å². The largest absolute Gasteiger partial charge is 0.493 e. The van der Waals surface area contributed by atoms with E-state index in [9.17, 15) is 9.59 Å². The first-order valence-corrected chi connectivity index (χ1v) is 8.23. The number of methoxy groups -OCH3 is 3. The molecule has 0 spiro atoms. The first kappa shape index (κ1) is 19.0. The van der Waals surface area contributed by atoms with Gasteiger partial charge in [0.25, 0.3) is 5.91 Å². The van der Waals surface area contributed by atoms with Gasteiger partial charge in [0.2, 0.25) is 0 Å². The van der Waals surface area contributed by atoms with Gasteiger partial charge in [-0.1, -0.05) is 12.1 Å². The van der Waals surface area contributed by atoms with Crippen LogP contribution >= 0.6 is 0 Å². The lowest BCUT2D eigenvalue weighted by atomic mass is 10.1. The molecule has 0 atom stereocenters. The Morgan fingerprint density at radius 3 is 2.46 bits per heavy atom. The molecule has 0 bridgehead atoms. The van der Waals surface area contributed by atoms with E-state index in [2.05, 4.69) is 10.3 Å². The van der Waals surface area contributed by atoms with Crippen LogP contribution in [0.3, 0.4) is 0 Å². The lowest BCUT2D eigenvalue weighted by molar-refractivity contribution is 0.0602. The van der Waals surface area contributed by atoms with Crippen LogP contribution in [0.5, 0.6) is 11.5 Å². The molecule has 3 rings (SSSR count). The molecule has 0 radical (unpaired) electrons. The van der Waals surface area contributed by atoms with Crippen molar-refractivity contribution in [1.29, 1.82) is 0 Å². The molecule has 0 fully saturated rings. The van der Waals surface area contributed by atoms with E-state index < -0.39 is 11.9 Å². The number of oxazole rings is 1. The number of carbonyl (C=O) groups excluding carboxylic acids is 2. The number of benzene rings is 2. The van der Waals surface area contributed by atoms with Crippen LogP contribution in [-0.2, 0) is 4.74 Å². The molecule has 28 heavy (non-hydrogen) atoms. The van der Waals surface area contributed by atoms with E-state index in [1.807, 2.05) is 0 Å². The van der Waals surface area contributed by atoms with Crippen molar-refractivity contribution in [2.45, 2.75) is 0 Å². The zero-order valence-electron chi connectivity index (χ0n) is 15.5. The van der Waals surface area contributed by atoms with Crippen LogP contribution in [-0.4, -0.2) is 38.2 Å². The summed E-state index contributed by atoms with van der Waals surface area (Å²) in [5.41, 5.74) is 1.18. The highest BCUT2D eigenvalue weighted by atomic mass is 16.5. The molecule has 3 aromatic rings. The van der Waals surface area contributed by atoms with Gasteiger partial charge < -0.3 is 23.9 Å². The number of carbonyl (C=O) groups is 2. The Balaban J connectivity index is 1.93. The third kappa shape index (κ3) is 3.66. The summed E-state index contributed by atoms with van der Waals surface area (Å²) in [7, 11) is 4.32. The molecule has 1 N–H and O–H groups in total. The third-order valence-corrected chi connectivity index (χ3v) is 4.01. The monoisotopic (exact) mass is 382 g/mol. The maximum Gasteiger partial charge on any atom is 0.339 e. The Kier molecular flexibility index (Phi) is 5.59. The van der Waals surface area contributed by atoms with E-state index in [1.54, 1.807) is 42.5 Å². The van der Waals surface area contributed by atoms with Crippen molar-refractivity contribution >= 4 is 17.6 Å². The van der Waals surface area contributed by atoms with Crippen molar-refractivity contribution in [3.63, 3.8) is 0 Å². The molecule has 1 amide bonds. The smallest absolute Gasteiger partial charge is 0.339 e. The van der Waals surface area contributed by atoms with E-state index in [0.29, 0.717) is 22.7 Å². The van der Waals surface area contributed by atoms with Crippen LogP contribution in [0.4, 0.5) is 5.69 Å². The lowest BCUT2D eigenvalue weighted by Gasteiger charge is -2.10. The van der Waals surface area contributed by atoms with Gasteiger partial charge in [-0.25, -0.2) is 9.78 Å². The average molecular weight is 382 g/mol. The van der Waals surface area contributed by atoms with Gasteiger partial charge in [-0.05, 0) is 30.3 Å². The van der Waals surface area contributed by atoms with Crippen LogP contribution < -0.4 is 14.8 Å². The molecule has 2 aromatic carbocycles. The Hall–Kier alpha value is -3.81. The van der Waals surface area contributed by atoms with E-state index >= 15 is 0 Å². The summed E-state index contributed by atoms with van der Waals surface area (Å²) in [6.07, 6.45) is 1.17. The minimum absolute atomic E-state index is 0.0619. The highest BCUT2D eigenvalue weighted by Gasteiger charge is 2.21. The standard InChI is InChI=1S/C20H18N2O6/c1-25-15-9-8-12(10-16(15)26-2)18-17(21-11-28-18)19(23)22-14-7-5-4-6-13(14)20(24)27-3/h4-11H,1-3H3,(H,22,23). The topological polar surface area (TPSA) is 99.9 Å². The predicted octanol–water partition coefficient (Wildman–Crippen LogP) is 3.40. The number of para-hydroxylation sites is 1. The van der Waals surface area contributed by atoms with Crippen molar-refractivity contribution in [3.8, 4) is 22.8 Å². The summed E-state index contributed by atoms with van der Waals surface area (Å²) in [5.74, 6) is 0.197. The molecule has 0 saturated carbocycles. The van der Waals surface area contributed by atoms with Crippen LogP contribution in [0.15, 0.2) is 53.3 Å². The zero-order chi connectivity index (χ0) is 20.1. The average Bonchev–Trinajstić information content (AvgIpc) is 3.23. The molecule has 0 aliphatic rings. The summed E-state index contributed by atoms with van der Waals surface area (Å²) in [5, 5.41) is 2.67. The molecule has 8 heteroatoms. The van der Waals surface area contributed by atoms with Crippen LogP contribution in [0.1, 0.15) is 20.8 Å². The number of ether oxygens (including phenoxy) is 3. The van der Waals surface area contributed by atoms with Crippen molar-refractivity contribution in [2.24, 2.45) is 0 Å². The molecule has 8 nitrogen and oxygen atoms in total. The summed E-state index contributed by atoms with van der Waals surface area (Å²) < 4.78 is 20.7. The summed E-state index contributed by atoms with van der Waals surface area (Å²) in [6.45, 7) is 0. The first-order chi connectivity index (χ1) is 13.6. The van der Waals surface area contributed by atoms with Gasteiger partial charge in [0, 0.05) is 5.56 Å². The molecule has 0 unspecified atom stereocenters. The van der Waals surface area contributed by atoms with Gasteiger partial charge >= 0.3 is 5.97 Å². The Labute approximate surface area is 161 Å². The molecule has 1 heterocycles. The first-order valence-electron chi connectivity index (χ1n) is 8.23. The molecule has 0 saturated heterocycles. The van der Waals surface area contributed by atoms with Crippen molar-refractivity contribution in [1.82, 2.24) is 4.98 Å². The second-order valence-corrected chi connectivity index (χ2v) is 5.59. The van der Waals surface area contributed by atoms with Gasteiger partial charge in [0.1, 0.15) is 0 Å². The summed E-state index contributed by atoms with van der Waals surface area (Å²) >= 11 is 0. The number of amides is 1. The van der Waals surface area contributed by atoms with Gasteiger partial charge in [0.05, 0.1) is 32.6 Å². The highest BCUT2D eigenvalue weighted by Crippen LogP contribution is 2.33. The molecule has 144 valence electrons. The van der Waals surface area contributed by atoms with Gasteiger partial charge in [-0.15, -0.1) is 0 Å². The van der Waals surface area contributed by atoms with Gasteiger partial charge in [-0.2, -0.15) is 0 Å². The maximum absolute atomic E-state index is 12.8. The van der Waals surface area contributed by atoms with Gasteiger partial charge in [-0.3, -0.25) is 4.79 Å². The number of esters is 1. The number of aromatic nitrogens is 1. The minimum Gasteiger partial charge on any atom is -0.493 e. The minimum atomic E-state index is -0.559. The van der Waals surface area contributed by atoms with E-state index in [4.69, 9.17) is 18.6 Å². The molecular formula is C20H18N2O6. The quantitative estimate of drug-likeness (QED) is 0.652. The number of nitrogens with zero attached hydrogens (tertiary/aromatic N) is 1. The fourth-order valence-electron chi connectivity index (χ4n) is 2.65. The van der Waals surface area contributed by atoms with Crippen LogP contribution in [0, 0.1) is 0 Å². The molecule has 1 aromatic heterocycles. The predicted molar refractivity (Wildman–Crippen MR) is 101 cm³/mol. The molecular weight excluding hydrogens is 364 g/mol. The van der Waals surface area contributed by atoms with Gasteiger partial charge in [0.15, 0.2) is 29.3 Å². The van der Waals surface area contributed by atoms with Crippen molar-refractivity contribution < 1.29 is 28.2 Å². The number of hydrogen-bond acceptors (Lipinski definition) is 7. The third-order valence-electron chi connectivity index (χ3n) is 4.01. The SMILES string of the molecule is COC(=O)c1ccccc1NC(=O)c1ncoc1-c1ccc(OC)c(OC)c1.